The molecule has 0 spiro atoms. The second kappa shape index (κ2) is 7.67. The van der Waals surface area contributed by atoms with Gasteiger partial charge in [0.25, 0.3) is 0 Å². The highest BCUT2D eigenvalue weighted by atomic mass is 32.1. The van der Waals surface area contributed by atoms with E-state index in [-0.39, 0.29) is 12.0 Å². The van der Waals surface area contributed by atoms with Gasteiger partial charge in [-0.25, -0.2) is 4.98 Å². The summed E-state index contributed by atoms with van der Waals surface area (Å²) in [7, 11) is 0. The zero-order valence-corrected chi connectivity index (χ0v) is 15.9. The van der Waals surface area contributed by atoms with Crippen LogP contribution in [0.2, 0.25) is 0 Å². The molecule has 1 fully saturated rings. The quantitative estimate of drug-likeness (QED) is 0.812. The number of thiazole rings is 1. The van der Waals surface area contributed by atoms with Gasteiger partial charge in [-0.15, -0.1) is 11.3 Å². The van der Waals surface area contributed by atoms with E-state index in [4.69, 9.17) is 10.1 Å². The lowest BCUT2D eigenvalue weighted by molar-refractivity contribution is -0.142. The fourth-order valence-corrected chi connectivity index (χ4v) is 4.65. The van der Waals surface area contributed by atoms with E-state index in [2.05, 4.69) is 50.4 Å². The van der Waals surface area contributed by atoms with E-state index in [9.17, 15) is 4.79 Å². The van der Waals surface area contributed by atoms with Gasteiger partial charge in [-0.1, -0.05) is 29.8 Å². The second-order valence-corrected chi connectivity index (χ2v) is 8.14. The maximum atomic E-state index is 11.1. The molecule has 1 unspecified atom stereocenters. The monoisotopic (exact) mass is 358 g/mol. The van der Waals surface area contributed by atoms with Gasteiger partial charge in [0.05, 0.1) is 11.6 Å². The minimum Gasteiger partial charge on any atom is -0.481 e. The van der Waals surface area contributed by atoms with Gasteiger partial charge in [-0.3, -0.25) is 4.79 Å². The van der Waals surface area contributed by atoms with Gasteiger partial charge in [-0.2, -0.15) is 0 Å². The molecule has 0 bridgehead atoms. The van der Waals surface area contributed by atoms with E-state index >= 15 is 0 Å². The van der Waals surface area contributed by atoms with Crippen molar-refractivity contribution < 1.29 is 9.90 Å². The summed E-state index contributed by atoms with van der Waals surface area (Å²) >= 11 is 1.75. The first-order valence-corrected chi connectivity index (χ1v) is 9.79. The van der Waals surface area contributed by atoms with E-state index in [0.29, 0.717) is 6.04 Å². The third-order valence-electron chi connectivity index (χ3n) is 5.09. The Morgan fingerprint density at radius 3 is 2.44 bits per heavy atom. The lowest BCUT2D eigenvalue weighted by Crippen LogP contribution is -2.36. The average molecular weight is 359 g/mol. The van der Waals surface area contributed by atoms with Gasteiger partial charge >= 0.3 is 5.97 Å². The van der Waals surface area contributed by atoms with Crippen LogP contribution in [0.4, 0.5) is 0 Å². The normalized spacial score (nSPS) is 21.9. The fourth-order valence-electron chi connectivity index (χ4n) is 3.57. The third-order valence-corrected chi connectivity index (χ3v) is 6.48. The van der Waals surface area contributed by atoms with Crippen LogP contribution in [-0.2, 0) is 4.79 Å². The third kappa shape index (κ3) is 4.28. The van der Waals surface area contributed by atoms with Gasteiger partial charge in [0.15, 0.2) is 0 Å². The molecule has 1 aromatic heterocycles. The number of rotatable bonds is 5. The van der Waals surface area contributed by atoms with E-state index in [1.54, 1.807) is 11.3 Å². The molecule has 0 radical (unpaired) electrons. The van der Waals surface area contributed by atoms with Gasteiger partial charge in [0.2, 0.25) is 0 Å². The van der Waals surface area contributed by atoms with Crippen molar-refractivity contribution >= 4 is 17.3 Å². The van der Waals surface area contributed by atoms with Crippen LogP contribution in [0.3, 0.4) is 0 Å². The number of carboxylic acids is 1. The van der Waals surface area contributed by atoms with Crippen molar-refractivity contribution in [3.05, 3.63) is 40.4 Å². The van der Waals surface area contributed by atoms with Crippen LogP contribution in [0.1, 0.15) is 54.8 Å². The SMILES string of the molecule is Cc1ccc(-c2nc(C)c(C(C)NC3CCC(C(=O)O)CC3)s2)cc1. The summed E-state index contributed by atoms with van der Waals surface area (Å²) in [5.74, 6) is -0.806. The topological polar surface area (TPSA) is 62.2 Å². The number of aryl methyl sites for hydroxylation is 2. The molecule has 25 heavy (non-hydrogen) atoms. The molecular formula is C20H26N2O2S. The summed E-state index contributed by atoms with van der Waals surface area (Å²) < 4.78 is 0. The maximum Gasteiger partial charge on any atom is 0.306 e. The van der Waals surface area contributed by atoms with Gasteiger partial charge in [-0.05, 0) is 46.5 Å². The fraction of sp³-hybridized carbons (Fsp3) is 0.500. The molecule has 3 rings (SSSR count). The predicted molar refractivity (Wildman–Crippen MR) is 102 cm³/mol. The molecule has 5 heteroatoms. The molecule has 2 N–H and O–H groups in total. The largest absolute Gasteiger partial charge is 0.481 e. The second-order valence-electron chi connectivity index (χ2n) is 7.11. The molecule has 134 valence electrons. The van der Waals surface area contributed by atoms with Crippen LogP contribution in [0, 0.1) is 19.8 Å². The molecule has 1 aliphatic carbocycles. The average Bonchev–Trinajstić information content (AvgIpc) is 2.98. The molecule has 1 saturated carbocycles. The highest BCUT2D eigenvalue weighted by molar-refractivity contribution is 7.15. The first-order chi connectivity index (χ1) is 11.9. The van der Waals surface area contributed by atoms with Crippen molar-refractivity contribution in [2.24, 2.45) is 5.92 Å². The van der Waals surface area contributed by atoms with Crippen molar-refractivity contribution in [3.8, 4) is 10.6 Å². The van der Waals surface area contributed by atoms with Crippen molar-refractivity contribution in [2.45, 2.75) is 58.5 Å². The molecule has 0 amide bonds. The molecule has 2 aromatic rings. The number of carbonyl (C=O) groups is 1. The zero-order chi connectivity index (χ0) is 18.0. The maximum absolute atomic E-state index is 11.1. The van der Waals surface area contributed by atoms with Gasteiger partial charge < -0.3 is 10.4 Å². The Labute approximate surface area is 153 Å². The number of hydrogen-bond donors (Lipinski definition) is 2. The van der Waals surface area contributed by atoms with Crippen molar-refractivity contribution in [2.75, 3.05) is 0 Å². The van der Waals surface area contributed by atoms with Crippen LogP contribution in [0.15, 0.2) is 24.3 Å². The van der Waals surface area contributed by atoms with E-state index in [1.807, 2.05) is 0 Å². The van der Waals surface area contributed by atoms with Crippen LogP contribution < -0.4 is 5.32 Å². The first-order valence-electron chi connectivity index (χ1n) is 8.97. The van der Waals surface area contributed by atoms with E-state index < -0.39 is 5.97 Å². The molecule has 1 atom stereocenters. The molecule has 4 nitrogen and oxygen atoms in total. The van der Waals surface area contributed by atoms with Crippen molar-refractivity contribution in [3.63, 3.8) is 0 Å². The number of aromatic nitrogens is 1. The molecule has 1 aromatic carbocycles. The lowest BCUT2D eigenvalue weighted by Gasteiger charge is -2.29. The molecule has 0 aliphatic heterocycles. The summed E-state index contributed by atoms with van der Waals surface area (Å²) in [5, 5.41) is 13.9. The minimum absolute atomic E-state index is 0.161. The summed E-state index contributed by atoms with van der Waals surface area (Å²) in [5.41, 5.74) is 3.50. The Kier molecular flexibility index (Phi) is 5.54. The Morgan fingerprint density at radius 2 is 1.84 bits per heavy atom. The van der Waals surface area contributed by atoms with Crippen LogP contribution in [0.25, 0.3) is 10.6 Å². The van der Waals surface area contributed by atoms with E-state index in [1.165, 1.54) is 16.0 Å². The number of nitrogens with zero attached hydrogens (tertiary/aromatic N) is 1. The highest BCUT2D eigenvalue weighted by Gasteiger charge is 2.27. The Hall–Kier alpha value is -1.72. The Balaban J connectivity index is 1.66. The van der Waals surface area contributed by atoms with Gasteiger partial charge in [0.1, 0.15) is 5.01 Å². The summed E-state index contributed by atoms with van der Waals surface area (Å²) in [6.07, 6.45) is 3.42. The molecule has 1 heterocycles. The van der Waals surface area contributed by atoms with Gasteiger partial charge in [0, 0.05) is 22.5 Å². The Morgan fingerprint density at radius 1 is 1.20 bits per heavy atom. The molecular weight excluding hydrogens is 332 g/mol. The smallest absolute Gasteiger partial charge is 0.306 e. The molecule has 0 saturated heterocycles. The molecule has 1 aliphatic rings. The number of hydrogen-bond acceptors (Lipinski definition) is 4. The Bertz CT molecular complexity index is 731. The number of carboxylic acid groups (broad SMARTS) is 1. The van der Waals surface area contributed by atoms with Crippen LogP contribution in [-0.4, -0.2) is 22.1 Å². The number of nitrogens with one attached hydrogen (secondary N) is 1. The van der Waals surface area contributed by atoms with Crippen molar-refractivity contribution in [1.29, 1.82) is 0 Å². The number of benzene rings is 1. The van der Waals surface area contributed by atoms with Crippen molar-refractivity contribution in [1.82, 2.24) is 10.3 Å². The standard InChI is InChI=1S/C20H26N2O2S/c1-12-4-6-15(7-5-12)19-22-14(3)18(25-19)13(2)21-17-10-8-16(9-11-17)20(23)24/h4-7,13,16-17,21H,8-11H2,1-3H3,(H,23,24). The summed E-state index contributed by atoms with van der Waals surface area (Å²) in [6.45, 7) is 6.35. The van der Waals surface area contributed by atoms with E-state index in [0.717, 1.165) is 36.4 Å². The van der Waals surface area contributed by atoms with Crippen LogP contribution >= 0.6 is 11.3 Å². The predicted octanol–water partition coefficient (Wildman–Crippen LogP) is 4.72. The summed E-state index contributed by atoms with van der Waals surface area (Å²) in [4.78, 5) is 17.1. The highest BCUT2D eigenvalue weighted by Crippen LogP contribution is 2.33. The minimum atomic E-state index is -0.646. The lowest BCUT2D eigenvalue weighted by atomic mass is 9.86. The first kappa shape index (κ1) is 18.1. The zero-order valence-electron chi connectivity index (χ0n) is 15.1. The number of aliphatic carboxylic acids is 1. The van der Waals surface area contributed by atoms with Crippen LogP contribution in [0.5, 0.6) is 0 Å². The summed E-state index contributed by atoms with van der Waals surface area (Å²) in [6, 6.07) is 9.13.